The fourth-order valence-electron chi connectivity index (χ4n) is 1.62. The molecule has 0 aromatic heterocycles. The summed E-state index contributed by atoms with van der Waals surface area (Å²) in [6.45, 7) is 5.09. The zero-order valence-corrected chi connectivity index (χ0v) is 9.88. The fraction of sp³-hybridized carbons (Fsp3) is 0.800. The van der Waals surface area contributed by atoms with Gasteiger partial charge in [0.15, 0.2) is 0 Å². The lowest BCUT2D eigenvalue weighted by Gasteiger charge is -2.37. The Bertz CT molecular complexity index is 253. The molecule has 0 saturated carbocycles. The SMILES string of the molecule is CCCN(CC(=O)NC(=O)NC)C1CNC1. The van der Waals surface area contributed by atoms with Crippen molar-refractivity contribution in [2.24, 2.45) is 0 Å². The molecule has 1 heterocycles. The maximum Gasteiger partial charge on any atom is 0.321 e. The predicted octanol–water partition coefficient (Wildman–Crippen LogP) is -0.874. The molecule has 0 spiro atoms. The summed E-state index contributed by atoms with van der Waals surface area (Å²) in [5, 5.41) is 7.80. The van der Waals surface area contributed by atoms with Crippen LogP contribution in [0.25, 0.3) is 0 Å². The van der Waals surface area contributed by atoms with E-state index in [-0.39, 0.29) is 12.5 Å². The first-order valence-corrected chi connectivity index (χ1v) is 5.63. The van der Waals surface area contributed by atoms with Gasteiger partial charge >= 0.3 is 6.03 Å². The van der Waals surface area contributed by atoms with Gasteiger partial charge in [0.1, 0.15) is 0 Å². The van der Waals surface area contributed by atoms with Crippen molar-refractivity contribution in [2.45, 2.75) is 19.4 Å². The summed E-state index contributed by atoms with van der Waals surface area (Å²) in [5.74, 6) is -0.250. The monoisotopic (exact) mass is 228 g/mol. The number of carbonyl (C=O) groups is 2. The van der Waals surface area contributed by atoms with Crippen LogP contribution < -0.4 is 16.0 Å². The highest BCUT2D eigenvalue weighted by atomic mass is 16.2. The molecule has 0 atom stereocenters. The van der Waals surface area contributed by atoms with Crippen molar-refractivity contribution in [3.05, 3.63) is 0 Å². The summed E-state index contributed by atoms with van der Waals surface area (Å²) in [6.07, 6.45) is 1.00. The zero-order valence-electron chi connectivity index (χ0n) is 9.88. The van der Waals surface area contributed by atoms with E-state index < -0.39 is 6.03 Å². The Balaban J connectivity index is 2.35. The van der Waals surface area contributed by atoms with Gasteiger partial charge in [-0.15, -0.1) is 0 Å². The fourth-order valence-corrected chi connectivity index (χ4v) is 1.62. The highest BCUT2D eigenvalue weighted by molar-refractivity contribution is 5.95. The van der Waals surface area contributed by atoms with Gasteiger partial charge in [-0.05, 0) is 13.0 Å². The first-order chi connectivity index (χ1) is 7.67. The summed E-state index contributed by atoms with van der Waals surface area (Å²) in [4.78, 5) is 24.6. The van der Waals surface area contributed by atoms with Crippen molar-refractivity contribution in [1.82, 2.24) is 20.9 Å². The third-order valence-electron chi connectivity index (χ3n) is 2.61. The molecule has 0 bridgehead atoms. The molecule has 92 valence electrons. The second-order valence-corrected chi connectivity index (χ2v) is 3.91. The number of hydrogen-bond donors (Lipinski definition) is 3. The van der Waals surface area contributed by atoms with Crippen LogP contribution in [0.2, 0.25) is 0 Å². The van der Waals surface area contributed by atoms with Gasteiger partial charge < -0.3 is 10.6 Å². The third-order valence-corrected chi connectivity index (χ3v) is 2.61. The summed E-state index contributed by atoms with van der Waals surface area (Å²) >= 11 is 0. The molecule has 0 unspecified atom stereocenters. The van der Waals surface area contributed by atoms with Crippen LogP contribution in [-0.4, -0.2) is 56.1 Å². The molecular formula is C10H20N4O2. The summed E-state index contributed by atoms with van der Waals surface area (Å²) < 4.78 is 0. The topological polar surface area (TPSA) is 73.5 Å². The number of hydrogen-bond acceptors (Lipinski definition) is 4. The van der Waals surface area contributed by atoms with Crippen LogP contribution >= 0.6 is 0 Å². The Hall–Kier alpha value is -1.14. The van der Waals surface area contributed by atoms with E-state index in [4.69, 9.17) is 0 Å². The molecule has 3 amide bonds. The zero-order chi connectivity index (χ0) is 12.0. The van der Waals surface area contributed by atoms with Crippen LogP contribution in [0.5, 0.6) is 0 Å². The van der Waals surface area contributed by atoms with Gasteiger partial charge in [0.25, 0.3) is 0 Å². The highest BCUT2D eigenvalue weighted by Crippen LogP contribution is 2.05. The minimum atomic E-state index is -0.451. The Labute approximate surface area is 95.8 Å². The average molecular weight is 228 g/mol. The van der Waals surface area contributed by atoms with Crippen LogP contribution in [0.4, 0.5) is 4.79 Å². The molecule has 0 aliphatic carbocycles. The van der Waals surface area contributed by atoms with E-state index in [2.05, 4.69) is 27.8 Å². The van der Waals surface area contributed by atoms with Crippen LogP contribution in [0.1, 0.15) is 13.3 Å². The van der Waals surface area contributed by atoms with Gasteiger partial charge in [-0.25, -0.2) is 4.79 Å². The Morgan fingerprint density at radius 3 is 2.56 bits per heavy atom. The number of nitrogens with zero attached hydrogens (tertiary/aromatic N) is 1. The van der Waals surface area contributed by atoms with Crippen molar-refractivity contribution in [2.75, 3.05) is 33.2 Å². The predicted molar refractivity (Wildman–Crippen MR) is 61.1 cm³/mol. The number of nitrogens with one attached hydrogen (secondary N) is 3. The third kappa shape index (κ3) is 3.79. The van der Waals surface area contributed by atoms with Gasteiger partial charge in [0.2, 0.25) is 5.91 Å². The molecule has 6 nitrogen and oxygen atoms in total. The quantitative estimate of drug-likeness (QED) is 0.571. The lowest BCUT2D eigenvalue weighted by Crippen LogP contribution is -2.59. The highest BCUT2D eigenvalue weighted by Gasteiger charge is 2.25. The summed E-state index contributed by atoms with van der Waals surface area (Å²) in [6, 6.07) is -0.0245. The Kier molecular flexibility index (Phi) is 5.21. The van der Waals surface area contributed by atoms with Crippen molar-refractivity contribution in [3.63, 3.8) is 0 Å². The molecule has 3 N–H and O–H groups in total. The Morgan fingerprint density at radius 1 is 1.44 bits per heavy atom. The smallest absolute Gasteiger partial charge is 0.321 e. The normalized spacial score (nSPS) is 15.7. The van der Waals surface area contributed by atoms with E-state index >= 15 is 0 Å². The molecule has 6 heteroatoms. The van der Waals surface area contributed by atoms with Gasteiger partial charge in [0.05, 0.1) is 6.54 Å². The van der Waals surface area contributed by atoms with Crippen molar-refractivity contribution < 1.29 is 9.59 Å². The molecule has 0 radical (unpaired) electrons. The van der Waals surface area contributed by atoms with Crippen molar-refractivity contribution in [3.8, 4) is 0 Å². The van der Waals surface area contributed by atoms with Crippen molar-refractivity contribution >= 4 is 11.9 Å². The maximum atomic E-state index is 11.5. The number of rotatable bonds is 5. The molecule has 1 saturated heterocycles. The van der Waals surface area contributed by atoms with Crippen LogP contribution in [0, 0.1) is 0 Å². The first-order valence-electron chi connectivity index (χ1n) is 5.63. The van der Waals surface area contributed by atoms with E-state index in [1.807, 2.05) is 0 Å². The number of imide groups is 1. The Morgan fingerprint density at radius 2 is 2.12 bits per heavy atom. The average Bonchev–Trinajstić information content (AvgIpc) is 2.15. The molecule has 0 aromatic rings. The standard InChI is InChI=1S/C10H20N4O2/c1-3-4-14(8-5-12-6-8)7-9(15)13-10(16)11-2/h8,12H,3-7H2,1-2H3,(H2,11,13,15,16). The second kappa shape index (κ2) is 6.44. The van der Waals surface area contributed by atoms with Crippen LogP contribution in [0.3, 0.4) is 0 Å². The molecule has 1 aliphatic rings. The number of amides is 3. The van der Waals surface area contributed by atoms with Crippen LogP contribution in [-0.2, 0) is 4.79 Å². The largest absolute Gasteiger partial charge is 0.341 e. The molecular weight excluding hydrogens is 208 g/mol. The van der Waals surface area contributed by atoms with Crippen molar-refractivity contribution in [1.29, 1.82) is 0 Å². The van der Waals surface area contributed by atoms with Crippen LogP contribution in [0.15, 0.2) is 0 Å². The summed E-state index contributed by atoms with van der Waals surface area (Å²) in [5.41, 5.74) is 0. The minimum absolute atomic E-state index is 0.250. The maximum absolute atomic E-state index is 11.5. The number of carbonyl (C=O) groups excluding carboxylic acids is 2. The van der Waals surface area contributed by atoms with E-state index in [0.29, 0.717) is 6.04 Å². The van der Waals surface area contributed by atoms with E-state index in [1.165, 1.54) is 7.05 Å². The molecule has 1 rings (SSSR count). The molecule has 1 fully saturated rings. The lowest BCUT2D eigenvalue weighted by molar-refractivity contribution is -0.122. The van der Waals surface area contributed by atoms with Gasteiger partial charge in [-0.1, -0.05) is 6.92 Å². The van der Waals surface area contributed by atoms with Gasteiger partial charge in [-0.3, -0.25) is 15.0 Å². The second-order valence-electron chi connectivity index (χ2n) is 3.91. The minimum Gasteiger partial charge on any atom is -0.341 e. The summed E-state index contributed by atoms with van der Waals surface area (Å²) in [7, 11) is 1.49. The van der Waals surface area contributed by atoms with Gasteiger partial charge in [0, 0.05) is 26.2 Å². The first kappa shape index (κ1) is 12.9. The van der Waals surface area contributed by atoms with E-state index in [1.54, 1.807) is 0 Å². The molecule has 16 heavy (non-hydrogen) atoms. The lowest BCUT2D eigenvalue weighted by atomic mass is 10.1. The van der Waals surface area contributed by atoms with Gasteiger partial charge in [-0.2, -0.15) is 0 Å². The molecule has 0 aromatic carbocycles. The van der Waals surface area contributed by atoms with E-state index in [9.17, 15) is 9.59 Å². The number of urea groups is 1. The van der Waals surface area contributed by atoms with E-state index in [0.717, 1.165) is 26.1 Å². The molecule has 1 aliphatic heterocycles.